The summed E-state index contributed by atoms with van der Waals surface area (Å²) < 4.78 is 27.2. The molecule has 1 unspecified atom stereocenters. The largest absolute Gasteiger partial charge is 0.480 e. The first-order valence-electron chi connectivity index (χ1n) is 9.69. The summed E-state index contributed by atoms with van der Waals surface area (Å²) in [5.74, 6) is -1.16. The number of sulfonamides is 1. The number of urea groups is 1. The number of amides is 2. The summed E-state index contributed by atoms with van der Waals surface area (Å²) in [4.78, 5) is 24.2. The third kappa shape index (κ3) is 5.17. The molecule has 2 aromatic carbocycles. The van der Waals surface area contributed by atoms with Gasteiger partial charge in [0, 0.05) is 13.0 Å². The second-order valence-electron chi connectivity index (χ2n) is 7.29. The van der Waals surface area contributed by atoms with Crippen LogP contribution >= 0.6 is 0 Å². The number of carboxylic acid groups (broad SMARTS) is 1. The van der Waals surface area contributed by atoms with E-state index in [2.05, 4.69) is 10.6 Å². The van der Waals surface area contributed by atoms with Crippen molar-refractivity contribution in [3.63, 3.8) is 0 Å². The maximum atomic E-state index is 13.0. The zero-order valence-electron chi connectivity index (χ0n) is 16.6. The molecule has 2 atom stereocenters. The summed E-state index contributed by atoms with van der Waals surface area (Å²) >= 11 is 0. The number of carbonyl (C=O) groups excluding carboxylic acids is 1. The third-order valence-corrected chi connectivity index (χ3v) is 6.94. The van der Waals surface area contributed by atoms with Crippen LogP contribution in [-0.2, 0) is 21.2 Å². The molecule has 2 aromatic rings. The Kier molecular flexibility index (Phi) is 6.73. The molecule has 0 spiro atoms. The summed E-state index contributed by atoms with van der Waals surface area (Å²) in [6.07, 6.45) is 0.444. The van der Waals surface area contributed by atoms with Crippen LogP contribution in [0.15, 0.2) is 59.5 Å². The number of hydrogen-bond acceptors (Lipinski definition) is 4. The van der Waals surface area contributed by atoms with Crippen molar-refractivity contribution in [2.75, 3.05) is 6.54 Å². The lowest BCUT2D eigenvalue weighted by molar-refractivity contribution is -0.139. The Morgan fingerprint density at radius 1 is 1.13 bits per heavy atom. The normalized spacial score (nSPS) is 18.0. The number of nitrogens with one attached hydrogen (secondary N) is 2. The molecule has 0 saturated carbocycles. The van der Waals surface area contributed by atoms with Crippen LogP contribution in [0, 0.1) is 6.92 Å². The molecule has 8 nitrogen and oxygen atoms in total. The minimum atomic E-state index is -3.77. The Bertz CT molecular complexity index is 993. The van der Waals surface area contributed by atoms with Gasteiger partial charge in [0.15, 0.2) is 0 Å². The number of hydrogen-bond donors (Lipinski definition) is 3. The lowest BCUT2D eigenvalue weighted by atomic mass is 10.1. The van der Waals surface area contributed by atoms with E-state index in [1.54, 1.807) is 48.5 Å². The fraction of sp³-hybridized carbons (Fsp3) is 0.333. The second-order valence-corrected chi connectivity index (χ2v) is 9.18. The van der Waals surface area contributed by atoms with E-state index < -0.39 is 34.2 Å². The first kappa shape index (κ1) is 21.8. The Balaban J connectivity index is 1.67. The fourth-order valence-corrected chi connectivity index (χ4v) is 5.03. The van der Waals surface area contributed by atoms with E-state index >= 15 is 0 Å². The quantitative estimate of drug-likeness (QED) is 0.621. The topological polar surface area (TPSA) is 116 Å². The van der Waals surface area contributed by atoms with Gasteiger partial charge in [0.1, 0.15) is 6.04 Å². The monoisotopic (exact) mass is 431 g/mol. The van der Waals surface area contributed by atoms with Gasteiger partial charge in [0.2, 0.25) is 10.0 Å². The van der Waals surface area contributed by atoms with Gasteiger partial charge in [-0.15, -0.1) is 0 Å². The minimum absolute atomic E-state index is 0.125. The molecule has 0 aliphatic carbocycles. The van der Waals surface area contributed by atoms with E-state index in [1.807, 2.05) is 13.0 Å². The molecule has 1 heterocycles. The molecule has 1 fully saturated rings. The molecule has 1 saturated heterocycles. The van der Waals surface area contributed by atoms with Crippen LogP contribution in [0.2, 0.25) is 0 Å². The predicted octanol–water partition coefficient (Wildman–Crippen LogP) is 2.10. The number of carboxylic acids is 1. The van der Waals surface area contributed by atoms with Crippen LogP contribution in [0.5, 0.6) is 0 Å². The summed E-state index contributed by atoms with van der Waals surface area (Å²) in [5, 5.41) is 14.5. The number of rotatable bonds is 7. The summed E-state index contributed by atoms with van der Waals surface area (Å²) in [6, 6.07) is 13.7. The summed E-state index contributed by atoms with van der Waals surface area (Å²) in [7, 11) is -3.77. The van der Waals surface area contributed by atoms with Gasteiger partial charge >= 0.3 is 12.0 Å². The van der Waals surface area contributed by atoms with Gasteiger partial charge < -0.3 is 15.7 Å². The number of carbonyl (C=O) groups is 2. The summed E-state index contributed by atoms with van der Waals surface area (Å²) in [5.41, 5.74) is 1.72. The minimum Gasteiger partial charge on any atom is -0.480 e. The second kappa shape index (κ2) is 9.27. The first-order chi connectivity index (χ1) is 14.3. The van der Waals surface area contributed by atoms with Crippen LogP contribution in [0.25, 0.3) is 0 Å². The fourth-order valence-electron chi connectivity index (χ4n) is 3.42. The Morgan fingerprint density at radius 2 is 1.80 bits per heavy atom. The van der Waals surface area contributed by atoms with Crippen LogP contribution in [0.4, 0.5) is 4.79 Å². The van der Waals surface area contributed by atoms with Gasteiger partial charge in [-0.05, 0) is 37.5 Å². The van der Waals surface area contributed by atoms with Crippen molar-refractivity contribution in [3.8, 4) is 0 Å². The Labute approximate surface area is 176 Å². The molecular formula is C21H25N3O5S. The molecule has 0 radical (unpaired) electrons. The van der Waals surface area contributed by atoms with E-state index in [0.717, 1.165) is 11.1 Å². The standard InChI is InChI=1S/C21H25N3O5S/c1-15-9-11-17(12-10-15)30(28,29)24-13-5-8-19(24)23-21(27)22-18(20(25)26)14-16-6-3-2-4-7-16/h2-4,6-7,9-12,18-19H,5,8,13-14H2,1H3,(H,25,26)(H2,22,23,27)/t18-,19?/m0/s1. The molecule has 1 aliphatic rings. The van der Waals surface area contributed by atoms with Gasteiger partial charge in [-0.25, -0.2) is 18.0 Å². The van der Waals surface area contributed by atoms with E-state index in [1.165, 1.54) is 4.31 Å². The van der Waals surface area contributed by atoms with Gasteiger partial charge in [-0.2, -0.15) is 4.31 Å². The van der Waals surface area contributed by atoms with Crippen LogP contribution < -0.4 is 10.6 Å². The first-order valence-corrected chi connectivity index (χ1v) is 11.1. The van der Waals surface area contributed by atoms with Crippen molar-refractivity contribution in [2.24, 2.45) is 0 Å². The number of benzene rings is 2. The summed E-state index contributed by atoms with van der Waals surface area (Å²) in [6.45, 7) is 2.16. The third-order valence-electron chi connectivity index (χ3n) is 5.02. The average molecular weight is 432 g/mol. The van der Waals surface area contributed by atoms with Crippen molar-refractivity contribution in [1.29, 1.82) is 0 Å². The molecule has 3 rings (SSSR count). The van der Waals surface area contributed by atoms with Gasteiger partial charge in [-0.1, -0.05) is 48.0 Å². The van der Waals surface area contributed by atoms with Crippen LogP contribution in [0.3, 0.4) is 0 Å². The van der Waals surface area contributed by atoms with Crippen LogP contribution in [-0.4, -0.2) is 48.6 Å². The smallest absolute Gasteiger partial charge is 0.326 e. The molecule has 2 amide bonds. The number of aryl methyl sites for hydroxylation is 1. The van der Waals surface area contributed by atoms with Crippen molar-refractivity contribution in [1.82, 2.24) is 14.9 Å². The molecular weight excluding hydrogens is 406 g/mol. The van der Waals surface area contributed by atoms with Crippen molar-refractivity contribution >= 4 is 22.0 Å². The van der Waals surface area contributed by atoms with E-state index in [0.29, 0.717) is 12.8 Å². The van der Waals surface area contributed by atoms with Gasteiger partial charge in [0.05, 0.1) is 11.1 Å². The van der Waals surface area contributed by atoms with Gasteiger partial charge in [0.25, 0.3) is 0 Å². The highest BCUT2D eigenvalue weighted by Gasteiger charge is 2.36. The zero-order chi connectivity index (χ0) is 21.7. The molecule has 3 N–H and O–H groups in total. The molecule has 0 aromatic heterocycles. The highest BCUT2D eigenvalue weighted by atomic mass is 32.2. The maximum absolute atomic E-state index is 13.0. The van der Waals surface area contributed by atoms with E-state index in [9.17, 15) is 23.1 Å². The predicted molar refractivity (Wildman–Crippen MR) is 111 cm³/mol. The van der Waals surface area contributed by atoms with Crippen molar-refractivity contribution in [2.45, 2.75) is 43.3 Å². The zero-order valence-corrected chi connectivity index (χ0v) is 17.4. The lowest BCUT2D eigenvalue weighted by Gasteiger charge is -2.26. The maximum Gasteiger partial charge on any atom is 0.326 e. The molecule has 30 heavy (non-hydrogen) atoms. The molecule has 9 heteroatoms. The number of nitrogens with zero attached hydrogens (tertiary/aromatic N) is 1. The Hall–Kier alpha value is -2.91. The average Bonchev–Trinajstić information content (AvgIpc) is 3.17. The molecule has 0 bridgehead atoms. The molecule has 160 valence electrons. The van der Waals surface area contributed by atoms with E-state index in [4.69, 9.17) is 0 Å². The number of aliphatic carboxylic acids is 1. The lowest BCUT2D eigenvalue weighted by Crippen LogP contribution is -2.53. The van der Waals surface area contributed by atoms with Crippen LogP contribution in [0.1, 0.15) is 24.0 Å². The Morgan fingerprint density at radius 3 is 2.43 bits per heavy atom. The van der Waals surface area contributed by atoms with E-state index in [-0.39, 0.29) is 17.9 Å². The van der Waals surface area contributed by atoms with Gasteiger partial charge in [-0.3, -0.25) is 0 Å². The highest BCUT2D eigenvalue weighted by Crippen LogP contribution is 2.25. The highest BCUT2D eigenvalue weighted by molar-refractivity contribution is 7.89. The van der Waals surface area contributed by atoms with Crippen molar-refractivity contribution < 1.29 is 23.1 Å². The van der Waals surface area contributed by atoms with Crippen molar-refractivity contribution in [3.05, 3.63) is 65.7 Å². The molecule has 1 aliphatic heterocycles. The SMILES string of the molecule is Cc1ccc(S(=O)(=O)N2CCCC2NC(=O)N[C@@H](Cc2ccccc2)C(=O)O)cc1.